The normalized spacial score (nSPS) is 12.2. The molecule has 1 atom stereocenters. The van der Waals surface area contributed by atoms with Crippen LogP contribution in [0.4, 0.5) is 5.69 Å². The molecule has 0 bridgehead atoms. The van der Waals surface area contributed by atoms with Gasteiger partial charge in [0.15, 0.2) is 5.75 Å². The van der Waals surface area contributed by atoms with E-state index in [0.717, 1.165) is 0 Å². The third kappa shape index (κ3) is 3.67. The van der Waals surface area contributed by atoms with Crippen molar-refractivity contribution in [1.82, 2.24) is 0 Å². The van der Waals surface area contributed by atoms with Gasteiger partial charge >= 0.3 is 5.69 Å². The van der Waals surface area contributed by atoms with Crippen LogP contribution in [0.2, 0.25) is 5.02 Å². The van der Waals surface area contributed by atoms with E-state index in [1.165, 1.54) is 18.2 Å². The van der Waals surface area contributed by atoms with Crippen LogP contribution in [0.15, 0.2) is 18.2 Å². The number of halogens is 1. The van der Waals surface area contributed by atoms with Gasteiger partial charge in [0.05, 0.1) is 17.6 Å². The van der Waals surface area contributed by atoms with Crippen LogP contribution in [0.1, 0.15) is 13.3 Å². The first-order valence-corrected chi connectivity index (χ1v) is 5.13. The Morgan fingerprint density at radius 3 is 2.88 bits per heavy atom. The van der Waals surface area contributed by atoms with Crippen LogP contribution in [0, 0.1) is 10.1 Å². The maximum absolute atomic E-state index is 10.7. The lowest BCUT2D eigenvalue weighted by Crippen LogP contribution is -2.08. The number of benzene rings is 1. The molecule has 0 radical (unpaired) electrons. The molecule has 0 spiro atoms. The quantitative estimate of drug-likeness (QED) is 0.639. The van der Waals surface area contributed by atoms with E-state index in [2.05, 4.69) is 0 Å². The van der Waals surface area contributed by atoms with Crippen molar-refractivity contribution in [1.29, 1.82) is 0 Å². The molecule has 0 fully saturated rings. The molecule has 0 amide bonds. The highest BCUT2D eigenvalue weighted by Gasteiger charge is 2.15. The van der Waals surface area contributed by atoms with Gasteiger partial charge in [-0.05, 0) is 19.1 Å². The summed E-state index contributed by atoms with van der Waals surface area (Å²) in [7, 11) is 0. The average Bonchev–Trinajstić information content (AvgIpc) is 2.19. The van der Waals surface area contributed by atoms with Gasteiger partial charge < -0.3 is 9.84 Å². The fourth-order valence-corrected chi connectivity index (χ4v) is 1.26. The predicted molar refractivity (Wildman–Crippen MR) is 59.9 cm³/mol. The summed E-state index contributed by atoms with van der Waals surface area (Å²) in [6.45, 7) is 1.85. The monoisotopic (exact) mass is 245 g/mol. The highest BCUT2D eigenvalue weighted by atomic mass is 35.5. The van der Waals surface area contributed by atoms with Crippen molar-refractivity contribution in [3.63, 3.8) is 0 Å². The largest absolute Gasteiger partial charge is 0.487 e. The Hall–Kier alpha value is -1.33. The Balaban J connectivity index is 2.75. The molecule has 0 saturated carbocycles. The Bertz CT molecular complexity index is 381. The Labute approximate surface area is 97.8 Å². The van der Waals surface area contributed by atoms with E-state index in [9.17, 15) is 10.1 Å². The number of hydrogen-bond acceptors (Lipinski definition) is 4. The van der Waals surface area contributed by atoms with E-state index in [4.69, 9.17) is 21.4 Å². The van der Waals surface area contributed by atoms with Gasteiger partial charge in [-0.3, -0.25) is 10.1 Å². The number of aliphatic hydroxyl groups excluding tert-OH is 1. The zero-order chi connectivity index (χ0) is 12.1. The summed E-state index contributed by atoms with van der Waals surface area (Å²) in [5.74, 6) is 0.162. The van der Waals surface area contributed by atoms with Gasteiger partial charge in [0.1, 0.15) is 0 Å². The third-order valence-corrected chi connectivity index (χ3v) is 2.15. The Morgan fingerprint density at radius 2 is 2.31 bits per heavy atom. The van der Waals surface area contributed by atoms with Crippen molar-refractivity contribution in [3.8, 4) is 5.75 Å². The standard InChI is InChI=1S/C10H12ClNO4/c1-7(13)4-5-16-10-3-2-8(11)6-9(10)12(14)15/h2-3,6-7,13H,4-5H2,1H3. The molecule has 0 aromatic heterocycles. The molecule has 1 aromatic rings. The van der Waals surface area contributed by atoms with Gasteiger partial charge in [-0.1, -0.05) is 11.6 Å². The fourth-order valence-electron chi connectivity index (χ4n) is 1.09. The molecule has 0 saturated heterocycles. The average molecular weight is 246 g/mol. The van der Waals surface area contributed by atoms with Crippen LogP contribution in [-0.2, 0) is 0 Å². The van der Waals surface area contributed by atoms with Gasteiger partial charge in [-0.25, -0.2) is 0 Å². The second kappa shape index (κ2) is 5.67. The Morgan fingerprint density at radius 1 is 1.62 bits per heavy atom. The lowest BCUT2D eigenvalue weighted by molar-refractivity contribution is -0.385. The van der Waals surface area contributed by atoms with E-state index in [-0.39, 0.29) is 23.1 Å². The van der Waals surface area contributed by atoms with Crippen molar-refractivity contribution in [3.05, 3.63) is 33.3 Å². The number of hydrogen-bond donors (Lipinski definition) is 1. The molecule has 0 heterocycles. The van der Waals surface area contributed by atoms with Crippen molar-refractivity contribution in [2.24, 2.45) is 0 Å². The fraction of sp³-hybridized carbons (Fsp3) is 0.400. The number of ether oxygens (including phenoxy) is 1. The predicted octanol–water partition coefficient (Wildman–Crippen LogP) is 2.40. The third-order valence-electron chi connectivity index (χ3n) is 1.91. The van der Waals surface area contributed by atoms with Gasteiger partial charge in [0.2, 0.25) is 0 Å². The molecule has 1 N–H and O–H groups in total. The molecular formula is C10H12ClNO4. The maximum atomic E-state index is 10.7. The number of rotatable bonds is 5. The molecule has 1 rings (SSSR count). The molecule has 1 aromatic carbocycles. The summed E-state index contributed by atoms with van der Waals surface area (Å²) in [5, 5.41) is 20.0. The molecular weight excluding hydrogens is 234 g/mol. The lowest BCUT2D eigenvalue weighted by Gasteiger charge is -2.08. The molecule has 0 aliphatic rings. The zero-order valence-corrected chi connectivity index (χ0v) is 9.48. The van der Waals surface area contributed by atoms with E-state index < -0.39 is 11.0 Å². The first-order valence-electron chi connectivity index (χ1n) is 4.75. The topological polar surface area (TPSA) is 72.6 Å². The summed E-state index contributed by atoms with van der Waals surface area (Å²) >= 11 is 5.65. The van der Waals surface area contributed by atoms with Gasteiger partial charge in [0, 0.05) is 17.5 Å². The number of nitrogens with zero attached hydrogens (tertiary/aromatic N) is 1. The first kappa shape index (κ1) is 12.7. The highest BCUT2D eigenvalue weighted by molar-refractivity contribution is 6.30. The summed E-state index contributed by atoms with van der Waals surface area (Å²) in [6, 6.07) is 4.20. The second-order valence-corrected chi connectivity index (χ2v) is 3.79. The number of nitro groups is 1. The zero-order valence-electron chi connectivity index (χ0n) is 8.72. The molecule has 1 unspecified atom stereocenters. The minimum Gasteiger partial charge on any atom is -0.487 e. The summed E-state index contributed by atoms with van der Waals surface area (Å²) in [4.78, 5) is 10.1. The van der Waals surface area contributed by atoms with Crippen molar-refractivity contribution < 1.29 is 14.8 Å². The minimum absolute atomic E-state index is 0.162. The van der Waals surface area contributed by atoms with Crippen LogP contribution in [0.3, 0.4) is 0 Å². The van der Waals surface area contributed by atoms with E-state index in [1.807, 2.05) is 0 Å². The van der Waals surface area contributed by atoms with Crippen LogP contribution in [0.25, 0.3) is 0 Å². The van der Waals surface area contributed by atoms with E-state index in [1.54, 1.807) is 6.92 Å². The van der Waals surface area contributed by atoms with E-state index >= 15 is 0 Å². The molecule has 0 aliphatic heterocycles. The van der Waals surface area contributed by atoms with Gasteiger partial charge in [-0.15, -0.1) is 0 Å². The van der Waals surface area contributed by atoms with Crippen LogP contribution >= 0.6 is 11.6 Å². The summed E-state index contributed by atoms with van der Waals surface area (Å²) < 4.78 is 5.20. The van der Waals surface area contributed by atoms with Gasteiger partial charge in [0.25, 0.3) is 0 Å². The van der Waals surface area contributed by atoms with Crippen molar-refractivity contribution in [2.75, 3.05) is 6.61 Å². The van der Waals surface area contributed by atoms with Crippen LogP contribution < -0.4 is 4.74 Å². The number of nitro benzene ring substituents is 1. The van der Waals surface area contributed by atoms with Crippen LogP contribution in [0.5, 0.6) is 5.75 Å². The molecule has 5 nitrogen and oxygen atoms in total. The SMILES string of the molecule is CC(O)CCOc1ccc(Cl)cc1[N+](=O)[O-]. The maximum Gasteiger partial charge on any atom is 0.312 e. The Kier molecular flexibility index (Phi) is 4.52. The minimum atomic E-state index is -0.552. The first-order chi connectivity index (χ1) is 7.50. The number of aliphatic hydroxyl groups is 1. The van der Waals surface area contributed by atoms with Crippen molar-refractivity contribution >= 4 is 17.3 Å². The smallest absolute Gasteiger partial charge is 0.312 e. The van der Waals surface area contributed by atoms with Crippen molar-refractivity contribution in [2.45, 2.75) is 19.4 Å². The highest BCUT2D eigenvalue weighted by Crippen LogP contribution is 2.29. The lowest BCUT2D eigenvalue weighted by atomic mass is 10.3. The van der Waals surface area contributed by atoms with Gasteiger partial charge in [-0.2, -0.15) is 0 Å². The molecule has 16 heavy (non-hydrogen) atoms. The molecule has 0 aliphatic carbocycles. The second-order valence-electron chi connectivity index (χ2n) is 3.36. The van der Waals surface area contributed by atoms with Crippen LogP contribution in [-0.4, -0.2) is 22.7 Å². The summed E-state index contributed by atoms with van der Waals surface area (Å²) in [6.07, 6.45) is -0.0777. The summed E-state index contributed by atoms with van der Waals surface area (Å²) in [5.41, 5.74) is -0.168. The van der Waals surface area contributed by atoms with E-state index in [0.29, 0.717) is 6.42 Å². The molecule has 6 heteroatoms. The molecule has 88 valence electrons.